The molecule has 0 aliphatic carbocycles. The Morgan fingerprint density at radius 1 is 1.43 bits per heavy atom. The van der Waals surface area contributed by atoms with Gasteiger partial charge in [-0.3, -0.25) is 4.79 Å². The molecule has 0 bridgehead atoms. The van der Waals surface area contributed by atoms with Gasteiger partial charge in [0.25, 0.3) is 0 Å². The van der Waals surface area contributed by atoms with Crippen molar-refractivity contribution in [2.24, 2.45) is 0 Å². The van der Waals surface area contributed by atoms with Gasteiger partial charge in [0.05, 0.1) is 6.07 Å². The van der Waals surface area contributed by atoms with Gasteiger partial charge in [-0.15, -0.1) is 0 Å². The van der Waals surface area contributed by atoms with Crippen molar-refractivity contribution in [3.8, 4) is 6.07 Å². The second-order valence-electron chi connectivity index (χ2n) is 3.80. The molecule has 0 aromatic rings. The Kier molecular flexibility index (Phi) is 4.09. The fourth-order valence-electron chi connectivity index (χ4n) is 0.708. The van der Waals surface area contributed by atoms with Crippen molar-refractivity contribution in [3.05, 3.63) is 0 Å². The zero-order chi connectivity index (χ0) is 11.4. The van der Waals surface area contributed by atoms with Crippen molar-refractivity contribution in [3.63, 3.8) is 0 Å². The highest BCUT2D eigenvalue weighted by Crippen LogP contribution is 2.08. The van der Waals surface area contributed by atoms with Crippen molar-refractivity contribution in [1.82, 2.24) is 5.32 Å². The lowest BCUT2D eigenvalue weighted by Crippen LogP contribution is -2.42. The average Bonchev–Trinajstić information content (AvgIpc) is 1.96. The Morgan fingerprint density at radius 3 is 2.21 bits per heavy atom. The largest absolute Gasteiger partial charge is 0.458 e. The van der Waals surface area contributed by atoms with Crippen LogP contribution in [0.2, 0.25) is 0 Å². The monoisotopic (exact) mass is 198 g/mol. The fourth-order valence-corrected chi connectivity index (χ4v) is 0.708. The van der Waals surface area contributed by atoms with E-state index in [-0.39, 0.29) is 0 Å². The highest BCUT2D eigenvalue weighted by atomic mass is 16.6. The molecule has 5 nitrogen and oxygen atoms in total. The number of nitriles is 1. The van der Waals surface area contributed by atoms with Gasteiger partial charge in [-0.2, -0.15) is 5.26 Å². The van der Waals surface area contributed by atoms with Crippen molar-refractivity contribution < 1.29 is 14.3 Å². The number of hydrogen-bond donors (Lipinski definition) is 1. The van der Waals surface area contributed by atoms with Crippen LogP contribution in [0.15, 0.2) is 0 Å². The minimum absolute atomic E-state index is 0.442. The van der Waals surface area contributed by atoms with Gasteiger partial charge >= 0.3 is 5.97 Å². The number of esters is 1. The molecule has 0 aromatic carbocycles. The predicted octanol–water partition coefficient (Wildman–Crippen LogP) is 0.356. The van der Waals surface area contributed by atoms with Gasteiger partial charge in [0, 0.05) is 6.92 Å². The van der Waals surface area contributed by atoms with Crippen molar-refractivity contribution in [1.29, 1.82) is 5.26 Å². The molecule has 1 atom stereocenters. The first-order valence-electron chi connectivity index (χ1n) is 4.16. The molecule has 0 saturated heterocycles. The third-order valence-corrected chi connectivity index (χ3v) is 1.12. The summed E-state index contributed by atoms with van der Waals surface area (Å²) in [6, 6.07) is 0.419. The molecule has 5 heteroatoms. The van der Waals surface area contributed by atoms with Crippen LogP contribution in [-0.4, -0.2) is 23.5 Å². The molecule has 0 fully saturated rings. The highest BCUT2D eigenvalue weighted by molar-refractivity contribution is 5.85. The quantitative estimate of drug-likeness (QED) is 0.649. The van der Waals surface area contributed by atoms with Crippen LogP contribution >= 0.6 is 0 Å². The molecular formula is C9H14N2O3. The summed E-state index contributed by atoms with van der Waals surface area (Å²) in [5.41, 5.74) is -0.662. The minimum atomic E-state index is -1.23. The molecule has 1 N–H and O–H groups in total. The average molecular weight is 198 g/mol. The maximum absolute atomic E-state index is 11.3. The smallest absolute Gasteiger partial charge is 0.344 e. The predicted molar refractivity (Wildman–Crippen MR) is 49.1 cm³/mol. The molecule has 0 saturated carbocycles. The molecule has 0 aliphatic rings. The van der Waals surface area contributed by atoms with Gasteiger partial charge in [-0.1, -0.05) is 0 Å². The maximum atomic E-state index is 11.3. The first kappa shape index (κ1) is 12.4. The second-order valence-corrected chi connectivity index (χ2v) is 3.80. The topological polar surface area (TPSA) is 79.2 Å². The van der Waals surface area contributed by atoms with Crippen LogP contribution in [0.5, 0.6) is 0 Å². The van der Waals surface area contributed by atoms with Crippen molar-refractivity contribution in [2.75, 3.05) is 0 Å². The van der Waals surface area contributed by atoms with Crippen LogP contribution in [0.3, 0.4) is 0 Å². The second kappa shape index (κ2) is 4.61. The normalized spacial score (nSPS) is 12.5. The summed E-state index contributed by atoms with van der Waals surface area (Å²) in [5, 5.41) is 10.8. The van der Waals surface area contributed by atoms with Crippen LogP contribution in [-0.2, 0) is 14.3 Å². The summed E-state index contributed by atoms with van der Waals surface area (Å²) in [7, 11) is 0. The lowest BCUT2D eigenvalue weighted by atomic mass is 10.2. The van der Waals surface area contributed by atoms with Gasteiger partial charge < -0.3 is 10.1 Å². The number of amides is 1. The van der Waals surface area contributed by atoms with Crippen LogP contribution < -0.4 is 5.32 Å². The zero-order valence-corrected chi connectivity index (χ0v) is 8.75. The number of carbonyl (C=O) groups excluding carboxylic acids is 2. The Labute approximate surface area is 83.0 Å². The van der Waals surface area contributed by atoms with Crippen molar-refractivity contribution in [2.45, 2.75) is 39.3 Å². The molecule has 0 rings (SSSR count). The standard InChI is InChI=1S/C9H14N2O3/c1-6(12)11-7(5-10)8(13)14-9(2,3)4/h7H,1-4H3,(H,11,12)/t7-/m0/s1. The number of nitrogens with one attached hydrogen (secondary N) is 1. The molecule has 14 heavy (non-hydrogen) atoms. The lowest BCUT2D eigenvalue weighted by Gasteiger charge is -2.21. The molecule has 0 unspecified atom stereocenters. The Bertz CT molecular complexity index is 273. The van der Waals surface area contributed by atoms with Gasteiger partial charge in [0.15, 0.2) is 0 Å². The van der Waals surface area contributed by atoms with E-state index in [0.717, 1.165) is 0 Å². The summed E-state index contributed by atoms with van der Waals surface area (Å²) in [6.07, 6.45) is 0. The molecule has 0 heterocycles. The Morgan fingerprint density at radius 2 is 1.93 bits per heavy atom. The van der Waals surface area contributed by atoms with E-state index in [1.165, 1.54) is 6.92 Å². The Hall–Kier alpha value is -1.57. The van der Waals surface area contributed by atoms with E-state index < -0.39 is 23.5 Å². The van der Waals surface area contributed by atoms with E-state index in [4.69, 9.17) is 10.00 Å². The van der Waals surface area contributed by atoms with E-state index in [0.29, 0.717) is 0 Å². The van der Waals surface area contributed by atoms with Gasteiger partial charge in [-0.05, 0) is 20.8 Å². The maximum Gasteiger partial charge on any atom is 0.344 e. The summed E-state index contributed by atoms with van der Waals surface area (Å²) in [5.74, 6) is -1.18. The third kappa shape index (κ3) is 5.14. The molecule has 0 spiro atoms. The number of ether oxygens (including phenoxy) is 1. The minimum Gasteiger partial charge on any atom is -0.458 e. The first-order chi connectivity index (χ1) is 6.26. The number of hydrogen-bond acceptors (Lipinski definition) is 4. The van der Waals surface area contributed by atoms with Crippen LogP contribution in [0, 0.1) is 11.3 Å². The van der Waals surface area contributed by atoms with E-state index in [1.807, 2.05) is 0 Å². The lowest BCUT2D eigenvalue weighted by molar-refractivity contribution is -0.156. The third-order valence-electron chi connectivity index (χ3n) is 1.12. The van der Waals surface area contributed by atoms with Gasteiger partial charge in [-0.25, -0.2) is 4.79 Å². The number of rotatable bonds is 2. The van der Waals surface area contributed by atoms with Crippen molar-refractivity contribution >= 4 is 11.9 Å². The van der Waals surface area contributed by atoms with Crippen LogP contribution in [0.25, 0.3) is 0 Å². The molecule has 0 aliphatic heterocycles. The zero-order valence-electron chi connectivity index (χ0n) is 8.75. The summed E-state index contributed by atoms with van der Waals surface area (Å²) >= 11 is 0. The molecule has 78 valence electrons. The first-order valence-corrected chi connectivity index (χ1v) is 4.16. The summed E-state index contributed by atoms with van der Waals surface area (Å²) in [6.45, 7) is 6.29. The van der Waals surface area contributed by atoms with E-state index in [2.05, 4.69) is 5.32 Å². The Balaban J connectivity index is 4.35. The van der Waals surface area contributed by atoms with Crippen LogP contribution in [0.1, 0.15) is 27.7 Å². The molecule has 1 amide bonds. The SMILES string of the molecule is CC(=O)N[C@@H](C#N)C(=O)OC(C)(C)C. The van der Waals surface area contributed by atoms with Gasteiger partial charge in [0.1, 0.15) is 5.60 Å². The molecule has 0 radical (unpaired) electrons. The van der Waals surface area contributed by atoms with Crippen LogP contribution in [0.4, 0.5) is 0 Å². The number of nitrogens with zero attached hydrogens (tertiary/aromatic N) is 1. The number of carbonyl (C=O) groups is 2. The molecular weight excluding hydrogens is 184 g/mol. The van der Waals surface area contributed by atoms with E-state index in [9.17, 15) is 9.59 Å². The molecule has 0 aromatic heterocycles. The fraction of sp³-hybridized carbons (Fsp3) is 0.667. The summed E-state index contributed by atoms with van der Waals surface area (Å²) < 4.78 is 4.92. The van der Waals surface area contributed by atoms with Gasteiger partial charge in [0.2, 0.25) is 11.9 Å². The van der Waals surface area contributed by atoms with E-state index >= 15 is 0 Å². The highest BCUT2D eigenvalue weighted by Gasteiger charge is 2.25. The summed E-state index contributed by atoms with van der Waals surface area (Å²) in [4.78, 5) is 21.9. The van der Waals surface area contributed by atoms with E-state index in [1.54, 1.807) is 26.8 Å².